The lowest BCUT2D eigenvalue weighted by atomic mass is 10.0. The average molecular weight is 446 g/mol. The molecule has 30 heavy (non-hydrogen) atoms. The van der Waals surface area contributed by atoms with Gasteiger partial charge in [-0.1, -0.05) is 29.3 Å². The van der Waals surface area contributed by atoms with E-state index in [2.05, 4.69) is 15.6 Å². The van der Waals surface area contributed by atoms with E-state index < -0.39 is 0 Å². The number of amides is 1. The summed E-state index contributed by atoms with van der Waals surface area (Å²) in [4.78, 5) is 17.3. The first-order valence-electron chi connectivity index (χ1n) is 9.16. The molecule has 0 aliphatic carbocycles. The van der Waals surface area contributed by atoms with Crippen LogP contribution in [0.25, 0.3) is 11.3 Å². The second-order valence-corrected chi connectivity index (χ2v) is 7.13. The van der Waals surface area contributed by atoms with Gasteiger partial charge in [0.05, 0.1) is 35.0 Å². The van der Waals surface area contributed by atoms with Crippen molar-refractivity contribution in [1.29, 1.82) is 0 Å². The van der Waals surface area contributed by atoms with E-state index in [0.717, 1.165) is 5.56 Å². The van der Waals surface area contributed by atoms with Gasteiger partial charge < -0.3 is 20.1 Å². The fourth-order valence-electron chi connectivity index (χ4n) is 2.86. The Hall–Kier alpha value is -2.80. The quantitative estimate of drug-likeness (QED) is 0.455. The molecular formula is C22H21Cl2N3O3. The lowest BCUT2D eigenvalue weighted by molar-refractivity contribution is 0.102. The number of nitrogens with one attached hydrogen (secondary N) is 2. The van der Waals surface area contributed by atoms with Gasteiger partial charge in [-0.15, -0.1) is 0 Å². The monoisotopic (exact) mass is 445 g/mol. The third-order valence-electron chi connectivity index (χ3n) is 4.33. The molecule has 0 atom stereocenters. The van der Waals surface area contributed by atoms with E-state index in [4.69, 9.17) is 32.7 Å². The van der Waals surface area contributed by atoms with Crippen LogP contribution in [0.4, 0.5) is 11.4 Å². The summed E-state index contributed by atoms with van der Waals surface area (Å²) in [5, 5.41) is 7.04. The smallest absolute Gasteiger partial charge is 0.257 e. The Labute approximate surface area is 185 Å². The van der Waals surface area contributed by atoms with Gasteiger partial charge in [-0.25, -0.2) is 0 Å². The summed E-state index contributed by atoms with van der Waals surface area (Å²) in [6.45, 7) is 1.02. The topological polar surface area (TPSA) is 72.5 Å². The highest BCUT2D eigenvalue weighted by Gasteiger charge is 2.15. The van der Waals surface area contributed by atoms with Crippen molar-refractivity contribution in [2.24, 2.45) is 0 Å². The van der Waals surface area contributed by atoms with Gasteiger partial charge in [0.25, 0.3) is 5.91 Å². The Morgan fingerprint density at radius 2 is 1.90 bits per heavy atom. The molecule has 2 N–H and O–H groups in total. The molecule has 0 fully saturated rings. The summed E-state index contributed by atoms with van der Waals surface area (Å²) in [6.07, 6.45) is 1.67. The fraction of sp³-hybridized carbons (Fsp3) is 0.182. The Kier molecular flexibility index (Phi) is 7.52. The zero-order valence-electron chi connectivity index (χ0n) is 16.5. The summed E-state index contributed by atoms with van der Waals surface area (Å²) < 4.78 is 10.3. The lowest BCUT2D eigenvalue weighted by Crippen LogP contribution is -2.16. The molecule has 0 aliphatic heterocycles. The molecule has 1 aromatic heterocycles. The zero-order chi connectivity index (χ0) is 21.5. The van der Waals surface area contributed by atoms with E-state index >= 15 is 0 Å². The molecule has 0 saturated carbocycles. The molecular weight excluding hydrogens is 425 g/mol. The molecule has 6 nitrogen and oxygen atoms in total. The third kappa shape index (κ3) is 5.21. The number of nitrogens with zero attached hydrogens (tertiary/aromatic N) is 1. The molecule has 0 aliphatic rings. The minimum atomic E-state index is -0.283. The van der Waals surface area contributed by atoms with E-state index in [1.54, 1.807) is 49.7 Å². The highest BCUT2D eigenvalue weighted by molar-refractivity contribution is 6.33. The molecule has 8 heteroatoms. The van der Waals surface area contributed by atoms with Crippen molar-refractivity contribution in [3.63, 3.8) is 0 Å². The number of methoxy groups -OCH3 is 2. The van der Waals surface area contributed by atoms with Gasteiger partial charge in [0.1, 0.15) is 5.75 Å². The van der Waals surface area contributed by atoms with E-state index in [9.17, 15) is 4.79 Å². The number of benzene rings is 2. The van der Waals surface area contributed by atoms with Crippen LogP contribution >= 0.6 is 23.2 Å². The van der Waals surface area contributed by atoms with Crippen molar-refractivity contribution in [3.8, 4) is 17.0 Å². The summed E-state index contributed by atoms with van der Waals surface area (Å²) in [7, 11) is 3.15. The van der Waals surface area contributed by atoms with Crippen molar-refractivity contribution in [1.82, 2.24) is 4.98 Å². The highest BCUT2D eigenvalue weighted by atomic mass is 35.5. The molecule has 0 saturated heterocycles. The maximum atomic E-state index is 12.9. The van der Waals surface area contributed by atoms with Gasteiger partial charge in [0.2, 0.25) is 0 Å². The number of pyridine rings is 1. The van der Waals surface area contributed by atoms with Crippen molar-refractivity contribution in [2.75, 3.05) is 38.0 Å². The van der Waals surface area contributed by atoms with E-state index in [1.165, 1.54) is 7.11 Å². The maximum absolute atomic E-state index is 12.9. The minimum Gasteiger partial charge on any atom is -0.495 e. The molecule has 156 valence electrons. The molecule has 2 aromatic carbocycles. The standard InChI is InChI=1S/C22H21Cl2N3O3/c1-29-11-10-25-19-12-14(21-17(23)4-3-9-26-21)5-7-16(19)22(28)27-15-6-8-20(30-2)18(24)13-15/h3-9,12-13,25H,10-11H2,1-2H3,(H,27,28). The molecule has 3 rings (SSSR count). The molecule has 3 aromatic rings. The highest BCUT2D eigenvalue weighted by Crippen LogP contribution is 2.31. The SMILES string of the molecule is COCCNc1cc(-c2ncccc2Cl)ccc1C(=O)Nc1ccc(OC)c(Cl)c1. The number of rotatable bonds is 8. The van der Waals surface area contributed by atoms with Crippen LogP contribution in [-0.2, 0) is 4.74 Å². The van der Waals surface area contributed by atoms with Crippen LogP contribution in [0.3, 0.4) is 0 Å². The van der Waals surface area contributed by atoms with Gasteiger partial charge >= 0.3 is 0 Å². The number of ether oxygens (including phenoxy) is 2. The summed E-state index contributed by atoms with van der Waals surface area (Å²) in [6, 6.07) is 14.0. The third-order valence-corrected chi connectivity index (χ3v) is 4.93. The number of carbonyl (C=O) groups excluding carboxylic acids is 1. The zero-order valence-corrected chi connectivity index (χ0v) is 18.1. The van der Waals surface area contributed by atoms with Gasteiger partial charge in [-0.2, -0.15) is 0 Å². The van der Waals surface area contributed by atoms with Crippen molar-refractivity contribution < 1.29 is 14.3 Å². The van der Waals surface area contributed by atoms with Gasteiger partial charge in [0, 0.05) is 36.8 Å². The summed E-state index contributed by atoms with van der Waals surface area (Å²) in [5.74, 6) is 0.253. The van der Waals surface area contributed by atoms with Crippen molar-refractivity contribution in [2.45, 2.75) is 0 Å². The van der Waals surface area contributed by atoms with Crippen LogP contribution in [0.5, 0.6) is 5.75 Å². The fourth-order valence-corrected chi connectivity index (χ4v) is 3.35. The summed E-state index contributed by atoms with van der Waals surface area (Å²) >= 11 is 12.4. The lowest BCUT2D eigenvalue weighted by Gasteiger charge is -2.15. The largest absolute Gasteiger partial charge is 0.495 e. The second-order valence-electron chi connectivity index (χ2n) is 6.32. The number of carbonyl (C=O) groups is 1. The van der Waals surface area contributed by atoms with Crippen LogP contribution in [0.15, 0.2) is 54.7 Å². The number of halogens is 2. The predicted molar refractivity (Wildman–Crippen MR) is 121 cm³/mol. The van der Waals surface area contributed by atoms with Crippen LogP contribution in [0.1, 0.15) is 10.4 Å². The Morgan fingerprint density at radius 1 is 1.07 bits per heavy atom. The molecule has 0 spiro atoms. The van der Waals surface area contributed by atoms with Crippen molar-refractivity contribution >= 4 is 40.5 Å². The van der Waals surface area contributed by atoms with Crippen LogP contribution in [-0.4, -0.2) is 38.3 Å². The molecule has 0 unspecified atom stereocenters. The van der Waals surface area contributed by atoms with Crippen LogP contribution < -0.4 is 15.4 Å². The number of aromatic nitrogens is 1. The normalized spacial score (nSPS) is 10.5. The summed E-state index contributed by atoms with van der Waals surface area (Å²) in [5.41, 5.74) is 3.11. The first kappa shape index (κ1) is 21.9. The van der Waals surface area contributed by atoms with Crippen molar-refractivity contribution in [3.05, 3.63) is 70.3 Å². The maximum Gasteiger partial charge on any atom is 0.257 e. The predicted octanol–water partition coefficient (Wildman–Crippen LogP) is 5.37. The van der Waals surface area contributed by atoms with Crippen LogP contribution in [0.2, 0.25) is 10.0 Å². The molecule has 0 radical (unpaired) electrons. The Balaban J connectivity index is 1.91. The van der Waals surface area contributed by atoms with Crippen LogP contribution in [0, 0.1) is 0 Å². The Bertz CT molecular complexity index is 1040. The van der Waals surface area contributed by atoms with E-state index in [-0.39, 0.29) is 5.91 Å². The molecule has 0 bridgehead atoms. The molecule has 1 heterocycles. The van der Waals surface area contributed by atoms with E-state index in [0.29, 0.717) is 51.6 Å². The molecule has 1 amide bonds. The first-order chi connectivity index (χ1) is 14.5. The second kappa shape index (κ2) is 10.3. The first-order valence-corrected chi connectivity index (χ1v) is 9.91. The van der Waals surface area contributed by atoms with Gasteiger partial charge in [-0.05, 0) is 42.5 Å². The minimum absolute atomic E-state index is 0.283. The number of anilines is 2. The number of hydrogen-bond donors (Lipinski definition) is 2. The average Bonchev–Trinajstić information content (AvgIpc) is 2.74. The van der Waals surface area contributed by atoms with E-state index in [1.807, 2.05) is 12.1 Å². The van der Waals surface area contributed by atoms with Gasteiger partial charge in [0.15, 0.2) is 0 Å². The Morgan fingerprint density at radius 3 is 2.60 bits per heavy atom. The number of hydrogen-bond acceptors (Lipinski definition) is 5. The van der Waals surface area contributed by atoms with Gasteiger partial charge in [-0.3, -0.25) is 9.78 Å².